The number of pyridine rings is 1. The summed E-state index contributed by atoms with van der Waals surface area (Å²) in [6.45, 7) is 2.17. The third-order valence-electron chi connectivity index (χ3n) is 4.87. The lowest BCUT2D eigenvalue weighted by molar-refractivity contribution is 0.0953. The van der Waals surface area contributed by atoms with Crippen LogP contribution in [0.25, 0.3) is 16.9 Å². The predicted octanol–water partition coefficient (Wildman–Crippen LogP) is 3.14. The molecule has 0 aliphatic carbocycles. The first-order chi connectivity index (χ1) is 14.1. The topological polar surface area (TPSA) is 54.6 Å². The van der Waals surface area contributed by atoms with E-state index in [-0.39, 0.29) is 5.91 Å². The molecule has 0 bridgehead atoms. The van der Waals surface area contributed by atoms with Gasteiger partial charge in [-0.15, -0.1) is 0 Å². The number of amides is 1. The van der Waals surface area contributed by atoms with Crippen molar-refractivity contribution in [2.45, 2.75) is 6.54 Å². The number of imidazole rings is 1. The maximum absolute atomic E-state index is 12.8. The molecule has 0 saturated carbocycles. The number of carbonyl (C=O) groups is 1. The molecule has 1 N–H and O–H groups in total. The minimum atomic E-state index is -0.0643. The smallest absolute Gasteiger partial charge is 0.253 e. The zero-order chi connectivity index (χ0) is 20.2. The zero-order valence-electron chi connectivity index (χ0n) is 16.7. The van der Waals surface area contributed by atoms with Gasteiger partial charge in [-0.05, 0) is 37.9 Å². The average molecular weight is 387 g/mol. The fourth-order valence-electron chi connectivity index (χ4n) is 3.39. The quantitative estimate of drug-likeness (QED) is 0.530. The Kier molecular flexibility index (Phi) is 5.44. The molecular weight excluding hydrogens is 362 g/mol. The first-order valence-corrected chi connectivity index (χ1v) is 9.71. The number of fused-ring (bicyclic) bond motifs is 1. The molecule has 1 aromatic carbocycles. The largest absolute Gasteiger partial charge is 0.351 e. The second-order valence-corrected chi connectivity index (χ2v) is 7.38. The Balaban J connectivity index is 1.62. The van der Waals surface area contributed by atoms with E-state index in [1.54, 1.807) is 0 Å². The van der Waals surface area contributed by atoms with Gasteiger partial charge in [0.25, 0.3) is 5.91 Å². The molecule has 3 heterocycles. The lowest BCUT2D eigenvalue weighted by Gasteiger charge is -2.10. The molecule has 4 aromatic rings. The van der Waals surface area contributed by atoms with E-state index in [1.165, 1.54) is 5.56 Å². The fourth-order valence-corrected chi connectivity index (χ4v) is 3.39. The summed E-state index contributed by atoms with van der Waals surface area (Å²) in [6.07, 6.45) is 5.83. The fraction of sp³-hybridized carbons (Fsp3) is 0.217. The van der Waals surface area contributed by atoms with Crippen LogP contribution >= 0.6 is 0 Å². The van der Waals surface area contributed by atoms with Crippen molar-refractivity contribution in [3.63, 3.8) is 0 Å². The van der Waals surface area contributed by atoms with Gasteiger partial charge in [-0.25, -0.2) is 4.98 Å². The van der Waals surface area contributed by atoms with E-state index in [1.807, 2.05) is 84.6 Å². The minimum Gasteiger partial charge on any atom is -0.351 e. The number of likely N-dealkylation sites (N-methyl/N-ethyl adjacent to an activating group) is 1. The summed E-state index contributed by atoms with van der Waals surface area (Å²) in [6, 6.07) is 18.1. The summed E-state index contributed by atoms with van der Waals surface area (Å²) >= 11 is 0. The number of nitrogens with zero attached hydrogens (tertiary/aromatic N) is 4. The minimum absolute atomic E-state index is 0.0643. The summed E-state index contributed by atoms with van der Waals surface area (Å²) in [5.74, 6) is -0.0643. The van der Waals surface area contributed by atoms with E-state index in [9.17, 15) is 4.79 Å². The highest BCUT2D eigenvalue weighted by Gasteiger charge is 2.17. The average Bonchev–Trinajstić information content (AvgIpc) is 3.33. The Hall–Kier alpha value is -3.38. The first-order valence-electron chi connectivity index (χ1n) is 9.71. The second kappa shape index (κ2) is 8.32. The molecule has 4 rings (SSSR count). The van der Waals surface area contributed by atoms with Gasteiger partial charge in [-0.2, -0.15) is 0 Å². The Morgan fingerprint density at radius 3 is 2.69 bits per heavy atom. The van der Waals surface area contributed by atoms with E-state index in [4.69, 9.17) is 0 Å². The van der Waals surface area contributed by atoms with Crippen molar-refractivity contribution in [1.29, 1.82) is 0 Å². The van der Waals surface area contributed by atoms with E-state index in [0.29, 0.717) is 12.1 Å². The van der Waals surface area contributed by atoms with Crippen molar-refractivity contribution < 1.29 is 4.79 Å². The third kappa shape index (κ3) is 4.22. The third-order valence-corrected chi connectivity index (χ3v) is 4.87. The van der Waals surface area contributed by atoms with Crippen molar-refractivity contribution in [3.05, 3.63) is 84.4 Å². The van der Waals surface area contributed by atoms with Gasteiger partial charge in [0.05, 0.1) is 23.1 Å². The molecule has 0 radical (unpaired) electrons. The van der Waals surface area contributed by atoms with Crippen molar-refractivity contribution in [2.24, 2.45) is 0 Å². The van der Waals surface area contributed by atoms with Gasteiger partial charge >= 0.3 is 0 Å². The summed E-state index contributed by atoms with van der Waals surface area (Å²) in [5.41, 5.74) is 4.51. The summed E-state index contributed by atoms with van der Waals surface area (Å²) in [4.78, 5) is 19.4. The molecule has 1 amide bonds. The molecule has 3 aromatic heterocycles. The van der Waals surface area contributed by atoms with Gasteiger partial charge in [-0.1, -0.05) is 36.4 Å². The predicted molar refractivity (Wildman–Crippen MR) is 115 cm³/mol. The van der Waals surface area contributed by atoms with Crippen molar-refractivity contribution in [1.82, 2.24) is 24.2 Å². The maximum Gasteiger partial charge on any atom is 0.253 e. The van der Waals surface area contributed by atoms with Crippen LogP contribution in [0.3, 0.4) is 0 Å². The number of aromatic nitrogens is 3. The molecule has 29 heavy (non-hydrogen) atoms. The molecule has 0 spiro atoms. The maximum atomic E-state index is 12.8. The molecular formula is C23H25N5O. The second-order valence-electron chi connectivity index (χ2n) is 7.38. The molecule has 0 aliphatic heterocycles. The van der Waals surface area contributed by atoms with E-state index >= 15 is 0 Å². The molecule has 0 saturated heterocycles. The summed E-state index contributed by atoms with van der Waals surface area (Å²) in [7, 11) is 3.98. The number of benzene rings is 1. The van der Waals surface area contributed by atoms with E-state index in [2.05, 4.69) is 27.0 Å². The van der Waals surface area contributed by atoms with Crippen LogP contribution in [0.5, 0.6) is 0 Å². The monoisotopic (exact) mass is 387 g/mol. The molecule has 0 atom stereocenters. The highest BCUT2D eigenvalue weighted by Crippen LogP contribution is 2.25. The number of hydrogen-bond donors (Lipinski definition) is 1. The standard InChI is InChI=1S/C23H25N5O/c1-26(2)13-11-24-23(29)19-14-22(28-12-7-6-10-21(19)28)20-16-27(17-25-20)15-18-8-4-3-5-9-18/h3-10,12,14,16-17H,11,13,15H2,1-2H3,(H,24,29). The van der Waals surface area contributed by atoms with Crippen LogP contribution in [0.4, 0.5) is 0 Å². The Morgan fingerprint density at radius 1 is 1.10 bits per heavy atom. The van der Waals surface area contributed by atoms with Crippen LogP contribution in [-0.2, 0) is 6.54 Å². The lowest BCUT2D eigenvalue weighted by atomic mass is 10.2. The SMILES string of the molecule is CN(C)CCNC(=O)c1cc(-c2cn(Cc3ccccc3)cn2)n2ccccc12. The number of hydrogen-bond acceptors (Lipinski definition) is 3. The number of carbonyl (C=O) groups excluding carboxylic acids is 1. The van der Waals surface area contributed by atoms with Crippen molar-refractivity contribution in [3.8, 4) is 11.4 Å². The van der Waals surface area contributed by atoms with Gasteiger partial charge in [0.1, 0.15) is 5.69 Å². The highest BCUT2D eigenvalue weighted by atomic mass is 16.1. The van der Waals surface area contributed by atoms with Gasteiger partial charge < -0.3 is 19.2 Å². The summed E-state index contributed by atoms with van der Waals surface area (Å²) in [5, 5.41) is 3.01. The van der Waals surface area contributed by atoms with Crippen molar-refractivity contribution in [2.75, 3.05) is 27.2 Å². The molecule has 148 valence electrons. The van der Waals surface area contributed by atoms with Gasteiger partial charge in [0.2, 0.25) is 0 Å². The van der Waals surface area contributed by atoms with Gasteiger partial charge in [-0.3, -0.25) is 4.79 Å². The Morgan fingerprint density at radius 2 is 1.90 bits per heavy atom. The summed E-state index contributed by atoms with van der Waals surface area (Å²) < 4.78 is 4.08. The van der Waals surface area contributed by atoms with Gasteiger partial charge in [0.15, 0.2) is 0 Å². The molecule has 0 aliphatic rings. The van der Waals surface area contributed by atoms with Crippen LogP contribution < -0.4 is 5.32 Å². The highest BCUT2D eigenvalue weighted by molar-refractivity contribution is 6.02. The Bertz CT molecular complexity index is 1110. The first kappa shape index (κ1) is 19.0. The lowest BCUT2D eigenvalue weighted by Crippen LogP contribution is -2.31. The zero-order valence-corrected chi connectivity index (χ0v) is 16.7. The van der Waals surface area contributed by atoms with Crippen LogP contribution in [-0.4, -0.2) is 51.9 Å². The van der Waals surface area contributed by atoms with Crippen LogP contribution in [0.2, 0.25) is 0 Å². The molecule has 6 heteroatoms. The number of nitrogens with one attached hydrogen (secondary N) is 1. The van der Waals surface area contributed by atoms with Crippen LogP contribution in [0, 0.1) is 0 Å². The Labute approximate surface area is 170 Å². The van der Waals surface area contributed by atoms with Crippen LogP contribution in [0.15, 0.2) is 73.3 Å². The molecule has 0 unspecified atom stereocenters. The van der Waals surface area contributed by atoms with Crippen molar-refractivity contribution >= 4 is 11.4 Å². The number of rotatable bonds is 7. The van der Waals surface area contributed by atoms with E-state index in [0.717, 1.165) is 30.0 Å². The molecule has 6 nitrogen and oxygen atoms in total. The molecule has 0 fully saturated rings. The normalized spacial score (nSPS) is 11.3. The van der Waals surface area contributed by atoms with E-state index < -0.39 is 0 Å². The van der Waals surface area contributed by atoms with Gasteiger partial charge in [0, 0.05) is 32.0 Å². The van der Waals surface area contributed by atoms with Crippen LogP contribution in [0.1, 0.15) is 15.9 Å².